The average Bonchev–Trinajstić information content (AvgIpc) is 1.08. The van der Waals surface area contributed by atoms with Crippen molar-refractivity contribution in [2.24, 2.45) is 20.9 Å². The van der Waals surface area contributed by atoms with E-state index in [4.69, 9.17) is 45.9 Å². The van der Waals surface area contributed by atoms with Crippen molar-refractivity contribution < 1.29 is 75.1 Å². The number of rotatable bonds is 22. The predicted molar refractivity (Wildman–Crippen MR) is 388 cm³/mol. The molecule has 0 aliphatic carbocycles. The van der Waals surface area contributed by atoms with Crippen molar-refractivity contribution in [3.05, 3.63) is 186 Å². The van der Waals surface area contributed by atoms with Crippen LogP contribution in [0.1, 0.15) is 83.5 Å². The van der Waals surface area contributed by atoms with E-state index >= 15 is 0 Å². The number of carbonyl (C=O) groups excluding carboxylic acids is 3. The van der Waals surface area contributed by atoms with Crippen LogP contribution in [0.25, 0.3) is 0 Å². The highest BCUT2D eigenvalue weighted by Crippen LogP contribution is 2.41. The topological polar surface area (TPSA) is 281 Å². The van der Waals surface area contributed by atoms with Gasteiger partial charge in [0, 0.05) is 143 Å². The molecule has 0 radical (unpaired) electrons. The van der Waals surface area contributed by atoms with Gasteiger partial charge in [-0.05, 0) is 88.2 Å². The molecule has 35 heteroatoms. The third kappa shape index (κ3) is 20.0. The zero-order valence-electron chi connectivity index (χ0n) is 56.5. The Balaban J connectivity index is 0.000000168. The van der Waals surface area contributed by atoms with Crippen molar-refractivity contribution in [3.63, 3.8) is 0 Å². The minimum atomic E-state index is -1.39. The van der Waals surface area contributed by atoms with Gasteiger partial charge in [-0.1, -0.05) is 61.7 Å². The summed E-state index contributed by atoms with van der Waals surface area (Å²) in [5.41, 5.74) is 3.81. The molecule has 6 N–H and O–H groups in total. The van der Waals surface area contributed by atoms with E-state index in [1.165, 1.54) is 76.5 Å². The lowest BCUT2D eigenvalue weighted by Crippen LogP contribution is -2.47. The Hall–Kier alpha value is -7.35. The Morgan fingerprint density at radius 1 is 0.567 bits per heavy atom. The summed E-state index contributed by atoms with van der Waals surface area (Å²) in [6, 6.07) is 9.81. The van der Waals surface area contributed by atoms with E-state index in [0.717, 1.165) is 0 Å². The number of esters is 3. The number of nitrogens with zero attached hydrogens (tertiary/aromatic N) is 10. The number of carbonyl (C=O) groups is 4. The van der Waals surface area contributed by atoms with Gasteiger partial charge in [0.2, 0.25) is 0 Å². The van der Waals surface area contributed by atoms with Crippen molar-refractivity contribution in [3.8, 4) is 0 Å². The zero-order valence-corrected chi connectivity index (χ0v) is 62.8. The van der Waals surface area contributed by atoms with Crippen LogP contribution < -0.4 is 16.0 Å². The molecule has 3 aromatic heterocycles. The molecule has 104 heavy (non-hydrogen) atoms. The van der Waals surface area contributed by atoms with Gasteiger partial charge in [-0.15, -0.1) is 34.0 Å². The van der Waals surface area contributed by atoms with Crippen LogP contribution in [-0.2, 0) is 33.4 Å². The number of thiazole rings is 3. The maximum atomic E-state index is 15.0. The molecule has 0 spiro atoms. The van der Waals surface area contributed by atoms with Crippen molar-refractivity contribution in [1.82, 2.24) is 50.5 Å². The smallest absolute Gasteiger partial charge is 0.338 e. The number of likely N-dealkylation sites (tertiary alicyclic amines) is 3. The summed E-state index contributed by atoms with van der Waals surface area (Å²) in [7, 11) is 1.65. The summed E-state index contributed by atoms with van der Waals surface area (Å²) >= 11 is 17.3. The lowest BCUT2D eigenvalue weighted by atomic mass is 9.94. The number of hydrogen-bond acceptors (Lipinski definition) is 25. The molecule has 3 aromatic carbocycles. The van der Waals surface area contributed by atoms with Crippen LogP contribution in [0.5, 0.6) is 0 Å². The van der Waals surface area contributed by atoms with E-state index in [2.05, 4.69) is 62.8 Å². The van der Waals surface area contributed by atoms with Crippen LogP contribution in [0.4, 0.5) is 26.3 Å². The molecule has 0 bridgehead atoms. The van der Waals surface area contributed by atoms with E-state index in [-0.39, 0.29) is 106 Å². The molecule has 9 heterocycles. The predicted octanol–water partition coefficient (Wildman–Crippen LogP) is 9.85. The van der Waals surface area contributed by atoms with Gasteiger partial charge >= 0.3 is 23.9 Å². The number of aliphatic carboxylic acids is 1. The molecule has 12 rings (SSSR count). The van der Waals surface area contributed by atoms with E-state index < -0.39 is 90.2 Å². The number of halogens is 9. The van der Waals surface area contributed by atoms with Gasteiger partial charge in [0.05, 0.1) is 55.3 Å². The molecule has 6 aliphatic heterocycles. The summed E-state index contributed by atoms with van der Waals surface area (Å²) in [6.45, 7) is 7.78. The van der Waals surface area contributed by atoms with E-state index in [1.807, 2.05) is 20.1 Å². The molecule has 23 nitrogen and oxygen atoms in total. The first-order valence-corrected chi connectivity index (χ1v) is 37.7. The third-order valence-electron chi connectivity index (χ3n) is 17.3. The zero-order chi connectivity index (χ0) is 74.5. The summed E-state index contributed by atoms with van der Waals surface area (Å²) in [6.07, 6.45) is -0.406. The number of aliphatic hydroxyl groups is 2. The van der Waals surface area contributed by atoms with Gasteiger partial charge in [-0.3, -0.25) is 39.4 Å². The number of nitrogens with one attached hydrogen (secondary N) is 3. The van der Waals surface area contributed by atoms with Gasteiger partial charge < -0.3 is 45.5 Å². The Morgan fingerprint density at radius 3 is 1.28 bits per heavy atom. The van der Waals surface area contributed by atoms with Crippen molar-refractivity contribution in [1.29, 1.82) is 0 Å². The quantitative estimate of drug-likeness (QED) is 0.0209. The first kappa shape index (κ1) is 79.2. The number of piperidine rings is 2. The molecule has 556 valence electrons. The van der Waals surface area contributed by atoms with Crippen molar-refractivity contribution >= 4 is 119 Å². The van der Waals surface area contributed by atoms with E-state index in [0.29, 0.717) is 101 Å². The van der Waals surface area contributed by atoms with Crippen LogP contribution in [0.15, 0.2) is 147 Å². The SMILES string of the molecule is CCOC(=O)C1=C(CN2CC(F)C(CN(C)CC(=O)O)C2)NC(c2nccs2)=N[C@H]1c1ccc(F)cc1Br.CCOC(=O)C1=C(CN2CCC(O)C(F)C2)NC(c2nccs2)=N[C@H]1c1ccc(F)cc1Br.CCOC(=O)C1=C(CN2CCC(O)C(F)C2)NC(c2nccs2)=N[C@H]1c1ccc(F)cc1Cl. The maximum Gasteiger partial charge on any atom is 0.338 e. The van der Waals surface area contributed by atoms with Gasteiger partial charge in [0.15, 0.2) is 32.5 Å². The Kier molecular flexibility index (Phi) is 28.0. The fraction of sp³-hybridized carbons (Fsp3) is 0.420. The van der Waals surface area contributed by atoms with Crippen LogP contribution >= 0.6 is 77.5 Å². The maximum absolute atomic E-state index is 15.0. The minimum absolute atomic E-state index is 0.0220. The van der Waals surface area contributed by atoms with Gasteiger partial charge in [0.25, 0.3) is 0 Å². The Labute approximate surface area is 628 Å². The monoisotopic (exact) mass is 1650 g/mol. The Bertz CT molecular complexity index is 4070. The highest BCUT2D eigenvalue weighted by Gasteiger charge is 2.41. The third-order valence-corrected chi connectivity index (χ3v) is 21.3. The fourth-order valence-corrected chi connectivity index (χ4v) is 15.7. The second-order valence-corrected chi connectivity index (χ2v) is 29.4. The number of amidine groups is 3. The van der Waals surface area contributed by atoms with Crippen LogP contribution in [0, 0.1) is 23.4 Å². The minimum Gasteiger partial charge on any atom is -0.480 e. The summed E-state index contributed by atoms with van der Waals surface area (Å²) in [5.74, 6) is -3.14. The molecule has 3 fully saturated rings. The number of aliphatic imine (C=N–C) groups is 3. The molecule has 0 amide bonds. The molecule has 6 aromatic rings. The van der Waals surface area contributed by atoms with Crippen molar-refractivity contribution in [2.75, 3.05) is 98.9 Å². The summed E-state index contributed by atoms with van der Waals surface area (Å²) < 4.78 is 102. The number of hydrogen-bond donors (Lipinski definition) is 6. The van der Waals surface area contributed by atoms with Crippen LogP contribution in [0.3, 0.4) is 0 Å². The van der Waals surface area contributed by atoms with Gasteiger partial charge in [-0.2, -0.15) is 0 Å². The number of carboxylic acids is 1. The standard InChI is InChI=1S/C25H28BrF2N5O4S.C22H23BrF2N4O3S.C22H23ClF2N4O3S/c1-3-37-25(36)21-19(12-33-10-14(18(28)11-33)9-32(2)13-20(34)35)30-23(24-29-6-7-38-24)31-22(21)16-5-4-15(27)8-17(16)26;2*1-2-32-22(31)18-16(11-29-7-5-17(30)15(25)10-29)27-20(21-26-6-8-33-21)28-19(18)13-4-3-12(24)9-14(13)23/h4-8,14,18,22H,3,9-13H2,1-2H3,(H,30,31)(H,34,35);2*3-4,6,8-9,15,17,19,30H,2,5,7,10-11H2,1H3,(H,27,28)/t14?,18?,22-;2*15?,17?,19-/m000/s1. The molecule has 9 atom stereocenters. The number of ether oxygens (including phenoxy) is 3. The molecular formula is C69H74Br2ClF6N13O10S3. The largest absolute Gasteiger partial charge is 0.480 e. The highest BCUT2D eigenvalue weighted by atomic mass is 79.9. The number of alkyl halides is 3. The van der Waals surface area contributed by atoms with Crippen LogP contribution in [0.2, 0.25) is 5.02 Å². The summed E-state index contributed by atoms with van der Waals surface area (Å²) in [4.78, 5) is 84.8. The van der Waals surface area contributed by atoms with Gasteiger partial charge in [0.1, 0.15) is 54.1 Å². The normalized spacial score (nSPS) is 23.1. The first-order valence-electron chi connectivity index (χ1n) is 33.0. The molecule has 3 saturated heterocycles. The second-order valence-electron chi connectivity index (χ2n) is 24.6. The second kappa shape index (κ2) is 36.8. The lowest BCUT2D eigenvalue weighted by molar-refractivity contribution is -0.139. The molecule has 6 aliphatic rings. The van der Waals surface area contributed by atoms with E-state index in [9.17, 15) is 55.7 Å². The van der Waals surface area contributed by atoms with Crippen LogP contribution in [-0.4, -0.2) is 221 Å². The number of carboxylic acid groups (broad SMARTS) is 1. The summed E-state index contributed by atoms with van der Waals surface area (Å²) in [5, 5.41) is 45.5. The molecule has 0 saturated carbocycles. The average molecular weight is 1650 g/mol. The Morgan fingerprint density at radius 2 is 0.933 bits per heavy atom. The number of benzene rings is 3. The van der Waals surface area contributed by atoms with E-state index in [1.54, 1.807) is 74.2 Å². The van der Waals surface area contributed by atoms with Gasteiger partial charge in [-0.25, -0.2) is 55.7 Å². The lowest BCUT2D eigenvalue weighted by Gasteiger charge is -2.35. The number of aromatic nitrogens is 3. The first-order chi connectivity index (χ1) is 49.9. The molecular weight excluding hydrogens is 1580 g/mol. The highest BCUT2D eigenvalue weighted by molar-refractivity contribution is 9.10. The number of likely N-dealkylation sites (N-methyl/N-ethyl adjacent to an activating group) is 1. The fourth-order valence-electron chi connectivity index (χ4n) is 12.5. The number of aliphatic hydroxyl groups excluding tert-OH is 2. The van der Waals surface area contributed by atoms with Crippen molar-refractivity contribution in [2.45, 2.75) is 82.5 Å². The molecule has 6 unspecified atom stereocenters.